The molecule has 0 aliphatic carbocycles. The van der Waals surface area contributed by atoms with Gasteiger partial charge in [-0.1, -0.05) is 0 Å². The second-order valence-corrected chi connectivity index (χ2v) is 8.29. The van der Waals surface area contributed by atoms with Crippen LogP contribution in [0.1, 0.15) is 27.6 Å². The van der Waals surface area contributed by atoms with Gasteiger partial charge in [-0.3, -0.25) is 4.79 Å². The van der Waals surface area contributed by atoms with Crippen LogP contribution in [0.25, 0.3) is 16.8 Å². The number of thiophene rings is 1. The van der Waals surface area contributed by atoms with Gasteiger partial charge in [-0.15, -0.1) is 11.3 Å². The zero-order chi connectivity index (χ0) is 19.1. The first kappa shape index (κ1) is 17.3. The largest absolute Gasteiger partial charge is 0.347 e. The third-order valence-electron chi connectivity index (χ3n) is 5.32. The van der Waals surface area contributed by atoms with Crippen LogP contribution >= 0.6 is 11.3 Å². The minimum atomic E-state index is -0.00344. The number of carbonyl (C=O) groups is 1. The lowest BCUT2D eigenvalue weighted by Gasteiger charge is -2.11. The maximum atomic E-state index is 12.6. The van der Waals surface area contributed by atoms with Gasteiger partial charge < -0.3 is 15.6 Å². The Labute approximate surface area is 166 Å². The van der Waals surface area contributed by atoms with Gasteiger partial charge in [0.25, 0.3) is 5.91 Å². The predicted octanol–water partition coefficient (Wildman–Crippen LogP) is 1.56. The van der Waals surface area contributed by atoms with Crippen molar-refractivity contribution in [2.24, 2.45) is 5.10 Å². The molecule has 1 unspecified atom stereocenters. The van der Waals surface area contributed by atoms with E-state index in [1.165, 1.54) is 11.3 Å². The molecule has 0 saturated carbocycles. The van der Waals surface area contributed by atoms with Gasteiger partial charge in [-0.05, 0) is 42.6 Å². The van der Waals surface area contributed by atoms with E-state index >= 15 is 0 Å². The summed E-state index contributed by atoms with van der Waals surface area (Å²) in [5.41, 5.74) is 6.72. The molecule has 5 rings (SSSR count). The lowest BCUT2D eigenvalue weighted by Crippen LogP contribution is -2.36. The molecule has 1 amide bonds. The lowest BCUT2D eigenvalue weighted by atomic mass is 10.1. The predicted molar refractivity (Wildman–Crippen MR) is 109 cm³/mol. The Morgan fingerprint density at radius 3 is 3.11 bits per heavy atom. The topological polar surface area (TPSA) is 86.9 Å². The monoisotopic (exact) mass is 395 g/mol. The Morgan fingerprint density at radius 1 is 1.39 bits per heavy atom. The first-order chi connectivity index (χ1) is 13.7. The van der Waals surface area contributed by atoms with Gasteiger partial charge in [0, 0.05) is 49.2 Å². The number of hydrogen-bond donors (Lipinski definition) is 2. The number of carbonyl (C=O) groups excluding carboxylic acids is 1. The zero-order valence-electron chi connectivity index (χ0n) is 15.5. The van der Waals surface area contributed by atoms with Gasteiger partial charge in [0.2, 0.25) is 0 Å². The highest BCUT2D eigenvalue weighted by molar-refractivity contribution is 7.12. The van der Waals surface area contributed by atoms with Crippen molar-refractivity contribution < 1.29 is 4.79 Å². The highest BCUT2D eigenvalue weighted by atomic mass is 32.1. The summed E-state index contributed by atoms with van der Waals surface area (Å²) in [7, 11) is 2.08. The molecule has 3 aromatic rings. The number of fused-ring (bicyclic) bond motifs is 1. The third kappa shape index (κ3) is 3.16. The summed E-state index contributed by atoms with van der Waals surface area (Å²) in [5, 5.41) is 13.7. The zero-order valence-corrected chi connectivity index (χ0v) is 16.3. The summed E-state index contributed by atoms with van der Waals surface area (Å²) in [6.07, 6.45) is 8.57. The first-order valence-corrected chi connectivity index (χ1v) is 10.2. The van der Waals surface area contributed by atoms with Gasteiger partial charge in [0.1, 0.15) is 0 Å². The molecule has 5 heterocycles. The van der Waals surface area contributed by atoms with Crippen LogP contribution in [0.3, 0.4) is 0 Å². The Bertz CT molecular complexity index is 1060. The molecule has 9 heteroatoms. The molecular formula is C19H21N7OS. The number of aromatic nitrogens is 3. The van der Waals surface area contributed by atoms with E-state index in [0.29, 0.717) is 4.88 Å². The summed E-state index contributed by atoms with van der Waals surface area (Å²) in [6.45, 7) is 2.71. The van der Waals surface area contributed by atoms with E-state index in [9.17, 15) is 4.79 Å². The number of rotatable bonds is 4. The van der Waals surface area contributed by atoms with Gasteiger partial charge in [-0.2, -0.15) is 10.2 Å². The van der Waals surface area contributed by atoms with Crippen molar-refractivity contribution in [1.82, 2.24) is 30.2 Å². The molecule has 1 fully saturated rings. The minimum Gasteiger partial charge on any atom is -0.347 e. The van der Waals surface area contributed by atoms with Crippen LogP contribution in [-0.4, -0.2) is 64.3 Å². The standard InChI is InChI=1S/C19H21N7OS/c1-25-3-2-15(10-25)24-19(27)17-4-12(11-28-17)16-8-23-26-9-14(5-20-18(16)26)13-6-21-22-7-13/h4-6,8-9,11,13,15,22H,2-3,7,10H2,1H3,(H,24,27)/t13?,15-/m1/s1. The Hall–Kier alpha value is -2.78. The average Bonchev–Trinajstić information content (AvgIpc) is 3.47. The SMILES string of the molecule is CN1CC[C@@H](NC(=O)c2cc(-c3cnn4cc(C5C=NNC5)cnc34)cs2)C1. The molecule has 8 nitrogen and oxygen atoms in total. The van der Waals surface area contributed by atoms with Crippen LogP contribution < -0.4 is 10.7 Å². The number of nitrogens with one attached hydrogen (secondary N) is 2. The summed E-state index contributed by atoms with van der Waals surface area (Å²) >= 11 is 1.46. The summed E-state index contributed by atoms with van der Waals surface area (Å²) in [6, 6.07) is 2.16. The molecule has 2 atom stereocenters. The molecule has 0 spiro atoms. The van der Waals surface area contributed by atoms with Crippen LogP contribution in [-0.2, 0) is 0 Å². The van der Waals surface area contributed by atoms with E-state index in [1.807, 2.05) is 36.3 Å². The minimum absolute atomic E-state index is 0.00344. The van der Waals surface area contributed by atoms with E-state index in [1.54, 1.807) is 4.52 Å². The van der Waals surface area contributed by atoms with Crippen molar-refractivity contribution in [2.45, 2.75) is 18.4 Å². The molecule has 0 radical (unpaired) electrons. The van der Waals surface area contributed by atoms with E-state index < -0.39 is 0 Å². The summed E-state index contributed by atoms with van der Waals surface area (Å²) in [5.74, 6) is 0.215. The van der Waals surface area contributed by atoms with Crippen LogP contribution in [0.4, 0.5) is 0 Å². The Morgan fingerprint density at radius 2 is 2.32 bits per heavy atom. The van der Waals surface area contributed by atoms with Crippen LogP contribution in [0.15, 0.2) is 35.1 Å². The van der Waals surface area contributed by atoms with E-state index in [2.05, 4.69) is 37.9 Å². The summed E-state index contributed by atoms with van der Waals surface area (Å²) in [4.78, 5) is 20.1. The van der Waals surface area contributed by atoms with Crippen LogP contribution in [0, 0.1) is 0 Å². The highest BCUT2D eigenvalue weighted by Crippen LogP contribution is 2.29. The summed E-state index contributed by atoms with van der Waals surface area (Å²) < 4.78 is 1.79. The molecule has 2 aliphatic rings. The van der Waals surface area contributed by atoms with Crippen molar-refractivity contribution >= 4 is 29.1 Å². The fraction of sp³-hybridized carbons (Fsp3) is 0.368. The van der Waals surface area contributed by atoms with Gasteiger partial charge >= 0.3 is 0 Å². The highest BCUT2D eigenvalue weighted by Gasteiger charge is 2.23. The Kier molecular flexibility index (Phi) is 4.33. The van der Waals surface area contributed by atoms with Crippen LogP contribution in [0.5, 0.6) is 0 Å². The second kappa shape index (κ2) is 6.99. The number of amides is 1. The van der Waals surface area contributed by atoms with E-state index in [-0.39, 0.29) is 17.9 Å². The average molecular weight is 395 g/mol. The number of likely N-dealkylation sites (N-methyl/N-ethyl adjacent to an activating group) is 1. The maximum absolute atomic E-state index is 12.6. The lowest BCUT2D eigenvalue weighted by molar-refractivity contribution is 0.0942. The first-order valence-electron chi connectivity index (χ1n) is 9.35. The molecule has 0 bridgehead atoms. The molecule has 0 aromatic carbocycles. The van der Waals surface area contributed by atoms with Crippen molar-refractivity contribution in [3.8, 4) is 11.1 Å². The normalized spacial score (nSPS) is 22.0. The van der Waals surface area contributed by atoms with Crippen LogP contribution in [0.2, 0.25) is 0 Å². The fourth-order valence-corrected chi connectivity index (χ4v) is 4.55. The van der Waals surface area contributed by atoms with Gasteiger partial charge in [0.15, 0.2) is 5.65 Å². The molecule has 2 aliphatic heterocycles. The number of hydrazone groups is 1. The van der Waals surface area contributed by atoms with Crippen molar-refractivity contribution in [3.63, 3.8) is 0 Å². The third-order valence-corrected chi connectivity index (χ3v) is 6.25. The van der Waals surface area contributed by atoms with Crippen molar-refractivity contribution in [2.75, 3.05) is 26.7 Å². The van der Waals surface area contributed by atoms with E-state index in [0.717, 1.165) is 48.4 Å². The van der Waals surface area contributed by atoms with E-state index in [4.69, 9.17) is 0 Å². The Balaban J connectivity index is 1.37. The molecule has 28 heavy (non-hydrogen) atoms. The molecular weight excluding hydrogens is 374 g/mol. The molecule has 144 valence electrons. The molecule has 1 saturated heterocycles. The number of nitrogens with zero attached hydrogens (tertiary/aromatic N) is 5. The second-order valence-electron chi connectivity index (χ2n) is 7.38. The number of hydrogen-bond acceptors (Lipinski definition) is 7. The molecule has 3 aromatic heterocycles. The van der Waals surface area contributed by atoms with Crippen molar-refractivity contribution in [3.05, 3.63) is 40.5 Å². The number of likely N-dealkylation sites (tertiary alicyclic amines) is 1. The van der Waals surface area contributed by atoms with Gasteiger partial charge in [-0.25, -0.2) is 9.50 Å². The van der Waals surface area contributed by atoms with Gasteiger partial charge in [0.05, 0.1) is 11.1 Å². The quantitative estimate of drug-likeness (QED) is 0.700. The maximum Gasteiger partial charge on any atom is 0.261 e. The van der Waals surface area contributed by atoms with Crippen molar-refractivity contribution in [1.29, 1.82) is 0 Å². The molecule has 2 N–H and O–H groups in total. The smallest absolute Gasteiger partial charge is 0.261 e. The fourth-order valence-electron chi connectivity index (χ4n) is 3.74.